The number of carbonyl (C=O) groups excluding carboxylic acids is 1. The van der Waals surface area contributed by atoms with E-state index in [2.05, 4.69) is 12.2 Å². The number of rotatable bonds is 5. The average Bonchev–Trinajstić information content (AvgIpc) is 2.20. The maximum Gasteiger partial charge on any atom is 0.308 e. The van der Waals surface area contributed by atoms with E-state index in [0.29, 0.717) is 5.75 Å². The lowest BCUT2D eigenvalue weighted by molar-refractivity contribution is -0.131. The van der Waals surface area contributed by atoms with Crippen molar-refractivity contribution in [1.29, 1.82) is 0 Å². The Morgan fingerprint density at radius 1 is 1.33 bits per heavy atom. The molecule has 3 nitrogen and oxygen atoms in total. The summed E-state index contributed by atoms with van der Waals surface area (Å²) < 4.78 is 4.93. The van der Waals surface area contributed by atoms with Crippen LogP contribution < -0.4 is 10.1 Å². The molecule has 0 aliphatic rings. The smallest absolute Gasteiger partial charge is 0.308 e. The zero-order valence-electron chi connectivity index (χ0n) is 9.25. The first-order valence-electron chi connectivity index (χ1n) is 5.24. The fraction of sp³-hybridized carbons (Fsp3) is 0.417. The normalized spacial score (nSPS) is 9.73. The van der Waals surface area contributed by atoms with Crippen LogP contribution in [0.2, 0.25) is 0 Å². The van der Waals surface area contributed by atoms with Gasteiger partial charge in [0.05, 0.1) is 0 Å². The molecule has 3 heteroatoms. The van der Waals surface area contributed by atoms with Crippen molar-refractivity contribution in [3.8, 4) is 5.75 Å². The van der Waals surface area contributed by atoms with Crippen molar-refractivity contribution in [1.82, 2.24) is 0 Å². The third kappa shape index (κ3) is 4.49. The summed E-state index contributed by atoms with van der Waals surface area (Å²) in [7, 11) is 0. The van der Waals surface area contributed by atoms with Crippen LogP contribution in [0.3, 0.4) is 0 Å². The highest BCUT2D eigenvalue weighted by Crippen LogP contribution is 2.15. The van der Waals surface area contributed by atoms with Gasteiger partial charge in [-0.25, -0.2) is 0 Å². The van der Waals surface area contributed by atoms with E-state index >= 15 is 0 Å². The molecular formula is C12H17NO2. The Morgan fingerprint density at radius 3 is 2.53 bits per heavy atom. The first kappa shape index (κ1) is 11.6. The largest absolute Gasteiger partial charge is 0.427 e. The van der Waals surface area contributed by atoms with Gasteiger partial charge in [0.15, 0.2) is 0 Å². The molecule has 0 radical (unpaired) electrons. The van der Waals surface area contributed by atoms with Crippen LogP contribution in [-0.2, 0) is 4.79 Å². The zero-order chi connectivity index (χ0) is 11.1. The Morgan fingerprint density at radius 2 is 2.00 bits per heavy atom. The highest BCUT2D eigenvalue weighted by atomic mass is 16.5. The predicted molar refractivity (Wildman–Crippen MR) is 61.1 cm³/mol. The van der Waals surface area contributed by atoms with Gasteiger partial charge in [-0.1, -0.05) is 13.3 Å². The first-order valence-corrected chi connectivity index (χ1v) is 5.24. The van der Waals surface area contributed by atoms with Crippen molar-refractivity contribution < 1.29 is 9.53 Å². The SMILES string of the molecule is CCCCNc1ccc(OC(C)=O)cc1. The number of ether oxygens (including phenoxy) is 1. The maximum absolute atomic E-state index is 10.7. The molecule has 0 unspecified atom stereocenters. The number of benzene rings is 1. The minimum atomic E-state index is -0.290. The lowest BCUT2D eigenvalue weighted by Crippen LogP contribution is -2.02. The summed E-state index contributed by atoms with van der Waals surface area (Å²) in [6.45, 7) is 4.53. The molecular weight excluding hydrogens is 190 g/mol. The van der Waals surface area contributed by atoms with Crippen molar-refractivity contribution in [2.75, 3.05) is 11.9 Å². The summed E-state index contributed by atoms with van der Waals surface area (Å²) in [5.74, 6) is 0.297. The van der Waals surface area contributed by atoms with E-state index in [1.807, 2.05) is 12.1 Å². The molecule has 0 aromatic heterocycles. The van der Waals surface area contributed by atoms with Crippen molar-refractivity contribution in [3.63, 3.8) is 0 Å². The van der Waals surface area contributed by atoms with Gasteiger partial charge in [-0.2, -0.15) is 0 Å². The van der Waals surface area contributed by atoms with Gasteiger partial charge in [-0.15, -0.1) is 0 Å². The summed E-state index contributed by atoms with van der Waals surface area (Å²) >= 11 is 0. The molecule has 0 amide bonds. The number of unbranched alkanes of at least 4 members (excludes halogenated alkanes) is 1. The highest BCUT2D eigenvalue weighted by Gasteiger charge is 1.97. The van der Waals surface area contributed by atoms with E-state index in [-0.39, 0.29) is 5.97 Å². The third-order valence-corrected chi connectivity index (χ3v) is 1.98. The van der Waals surface area contributed by atoms with E-state index in [9.17, 15) is 4.79 Å². The molecule has 1 aromatic rings. The molecule has 1 aromatic carbocycles. The highest BCUT2D eigenvalue weighted by molar-refractivity contribution is 5.69. The van der Waals surface area contributed by atoms with Crippen molar-refractivity contribution in [2.24, 2.45) is 0 Å². The number of hydrogen-bond donors (Lipinski definition) is 1. The molecule has 0 saturated heterocycles. The molecule has 0 aliphatic heterocycles. The summed E-state index contributed by atoms with van der Waals surface area (Å²) in [5.41, 5.74) is 1.05. The third-order valence-electron chi connectivity index (χ3n) is 1.98. The lowest BCUT2D eigenvalue weighted by atomic mass is 10.3. The van der Waals surface area contributed by atoms with E-state index < -0.39 is 0 Å². The van der Waals surface area contributed by atoms with Gasteiger partial charge in [0.2, 0.25) is 0 Å². The van der Waals surface area contributed by atoms with Gasteiger partial charge in [0.25, 0.3) is 0 Å². The van der Waals surface area contributed by atoms with E-state index in [1.165, 1.54) is 13.3 Å². The Labute approximate surface area is 90.4 Å². The number of hydrogen-bond acceptors (Lipinski definition) is 3. The first-order chi connectivity index (χ1) is 7.22. The van der Waals surface area contributed by atoms with Crippen LogP contribution >= 0.6 is 0 Å². The molecule has 0 saturated carbocycles. The summed E-state index contributed by atoms with van der Waals surface area (Å²) in [6.07, 6.45) is 2.34. The van der Waals surface area contributed by atoms with Crippen molar-refractivity contribution in [3.05, 3.63) is 24.3 Å². The molecule has 82 valence electrons. The second-order valence-electron chi connectivity index (χ2n) is 3.40. The lowest BCUT2D eigenvalue weighted by Gasteiger charge is -2.06. The molecule has 0 atom stereocenters. The second-order valence-corrected chi connectivity index (χ2v) is 3.40. The summed E-state index contributed by atoms with van der Waals surface area (Å²) in [4.78, 5) is 10.7. The average molecular weight is 207 g/mol. The summed E-state index contributed by atoms with van der Waals surface area (Å²) in [6, 6.07) is 7.40. The Balaban J connectivity index is 2.45. The Hall–Kier alpha value is -1.51. The van der Waals surface area contributed by atoms with Crippen LogP contribution in [0.15, 0.2) is 24.3 Å². The monoisotopic (exact) mass is 207 g/mol. The van der Waals surface area contributed by atoms with Crippen LogP contribution in [0.25, 0.3) is 0 Å². The van der Waals surface area contributed by atoms with E-state index in [0.717, 1.165) is 18.7 Å². The molecule has 0 aliphatic carbocycles. The van der Waals surface area contributed by atoms with E-state index in [4.69, 9.17) is 4.74 Å². The van der Waals surface area contributed by atoms with Gasteiger partial charge >= 0.3 is 5.97 Å². The van der Waals surface area contributed by atoms with Crippen molar-refractivity contribution >= 4 is 11.7 Å². The van der Waals surface area contributed by atoms with Gasteiger partial charge in [-0.3, -0.25) is 4.79 Å². The fourth-order valence-electron chi connectivity index (χ4n) is 1.22. The number of esters is 1. The summed E-state index contributed by atoms with van der Waals surface area (Å²) in [5, 5.41) is 3.29. The number of carbonyl (C=O) groups is 1. The molecule has 0 heterocycles. The predicted octanol–water partition coefficient (Wildman–Crippen LogP) is 2.82. The van der Waals surface area contributed by atoms with E-state index in [1.54, 1.807) is 12.1 Å². The maximum atomic E-state index is 10.7. The quantitative estimate of drug-likeness (QED) is 0.458. The van der Waals surface area contributed by atoms with Gasteiger partial charge < -0.3 is 10.1 Å². The Kier molecular flexibility index (Phi) is 4.68. The van der Waals surface area contributed by atoms with Gasteiger partial charge in [-0.05, 0) is 30.7 Å². The van der Waals surface area contributed by atoms with Crippen LogP contribution in [0.4, 0.5) is 5.69 Å². The minimum absolute atomic E-state index is 0.290. The van der Waals surface area contributed by atoms with Gasteiger partial charge in [0, 0.05) is 19.2 Å². The molecule has 1 rings (SSSR count). The minimum Gasteiger partial charge on any atom is -0.427 e. The number of anilines is 1. The van der Waals surface area contributed by atoms with Gasteiger partial charge in [0.1, 0.15) is 5.75 Å². The molecule has 0 fully saturated rings. The zero-order valence-corrected chi connectivity index (χ0v) is 9.25. The van der Waals surface area contributed by atoms with Crippen molar-refractivity contribution in [2.45, 2.75) is 26.7 Å². The second kappa shape index (κ2) is 6.06. The van der Waals surface area contributed by atoms with Crippen LogP contribution in [-0.4, -0.2) is 12.5 Å². The molecule has 15 heavy (non-hydrogen) atoms. The van der Waals surface area contributed by atoms with Crippen LogP contribution in [0.1, 0.15) is 26.7 Å². The Bertz CT molecular complexity index is 306. The molecule has 0 spiro atoms. The van der Waals surface area contributed by atoms with Crippen LogP contribution in [0, 0.1) is 0 Å². The molecule has 0 bridgehead atoms. The molecule has 1 N–H and O–H groups in total. The number of nitrogens with one attached hydrogen (secondary N) is 1. The standard InChI is InChI=1S/C12H17NO2/c1-3-4-9-13-11-5-7-12(8-6-11)15-10(2)14/h5-8,13H,3-4,9H2,1-2H3. The topological polar surface area (TPSA) is 38.3 Å². The van der Waals surface area contributed by atoms with Crippen LogP contribution in [0.5, 0.6) is 5.75 Å². The fourth-order valence-corrected chi connectivity index (χ4v) is 1.22.